The van der Waals surface area contributed by atoms with Gasteiger partial charge >= 0.3 is 0 Å². The first-order valence-electron chi connectivity index (χ1n) is 8.70. The molecule has 0 bridgehead atoms. The Kier molecular flexibility index (Phi) is 6.25. The number of hydrogen-bond acceptors (Lipinski definition) is 2. The molecule has 0 aliphatic carbocycles. The Morgan fingerprint density at radius 2 is 1.90 bits per heavy atom. The molecule has 1 fully saturated rings. The SMILES string of the molecule is CCCc1ccc(C(CN2CC(C)CC2C)NCC)cc1. The van der Waals surface area contributed by atoms with Crippen LogP contribution in [0.25, 0.3) is 0 Å². The maximum absolute atomic E-state index is 3.67. The Morgan fingerprint density at radius 3 is 2.43 bits per heavy atom. The second-order valence-electron chi connectivity index (χ2n) is 6.75. The lowest BCUT2D eigenvalue weighted by Gasteiger charge is -2.28. The number of likely N-dealkylation sites (N-methyl/N-ethyl adjacent to an activating group) is 1. The van der Waals surface area contributed by atoms with Crippen molar-refractivity contribution >= 4 is 0 Å². The third-order valence-electron chi connectivity index (χ3n) is 4.70. The predicted octanol–water partition coefficient (Wildman–Crippen LogP) is 4.02. The van der Waals surface area contributed by atoms with Crippen LogP contribution in [0, 0.1) is 5.92 Å². The van der Waals surface area contributed by atoms with Gasteiger partial charge < -0.3 is 5.32 Å². The largest absolute Gasteiger partial charge is 0.309 e. The Bertz CT molecular complexity index is 412. The van der Waals surface area contributed by atoms with Crippen molar-refractivity contribution in [2.24, 2.45) is 5.92 Å². The topological polar surface area (TPSA) is 15.3 Å². The van der Waals surface area contributed by atoms with Gasteiger partial charge in [0.2, 0.25) is 0 Å². The number of benzene rings is 1. The van der Waals surface area contributed by atoms with Crippen LogP contribution in [0.2, 0.25) is 0 Å². The molecule has 1 saturated heterocycles. The highest BCUT2D eigenvalue weighted by atomic mass is 15.2. The van der Waals surface area contributed by atoms with Gasteiger partial charge in [-0.15, -0.1) is 0 Å². The third-order valence-corrected chi connectivity index (χ3v) is 4.70. The molecular formula is C19H32N2. The summed E-state index contributed by atoms with van der Waals surface area (Å²) >= 11 is 0. The Labute approximate surface area is 130 Å². The Hall–Kier alpha value is -0.860. The van der Waals surface area contributed by atoms with E-state index in [2.05, 4.69) is 62.2 Å². The van der Waals surface area contributed by atoms with Crippen molar-refractivity contribution in [1.29, 1.82) is 0 Å². The minimum Gasteiger partial charge on any atom is -0.309 e. The summed E-state index contributed by atoms with van der Waals surface area (Å²) in [6.45, 7) is 12.6. The average molecular weight is 288 g/mol. The number of nitrogens with zero attached hydrogens (tertiary/aromatic N) is 1. The number of aryl methyl sites for hydroxylation is 1. The number of hydrogen-bond donors (Lipinski definition) is 1. The monoisotopic (exact) mass is 288 g/mol. The molecule has 1 aliphatic heterocycles. The van der Waals surface area contributed by atoms with E-state index in [1.165, 1.54) is 36.9 Å². The molecule has 21 heavy (non-hydrogen) atoms. The molecule has 0 aromatic heterocycles. The van der Waals surface area contributed by atoms with E-state index < -0.39 is 0 Å². The van der Waals surface area contributed by atoms with Gasteiger partial charge in [0.25, 0.3) is 0 Å². The van der Waals surface area contributed by atoms with Crippen LogP contribution in [0.15, 0.2) is 24.3 Å². The van der Waals surface area contributed by atoms with Gasteiger partial charge in [-0.05, 0) is 43.4 Å². The van der Waals surface area contributed by atoms with Crippen molar-refractivity contribution < 1.29 is 0 Å². The molecule has 0 radical (unpaired) electrons. The van der Waals surface area contributed by atoms with Crippen LogP contribution in [0.4, 0.5) is 0 Å². The summed E-state index contributed by atoms with van der Waals surface area (Å²) in [5.41, 5.74) is 2.89. The Morgan fingerprint density at radius 1 is 1.19 bits per heavy atom. The summed E-state index contributed by atoms with van der Waals surface area (Å²) in [7, 11) is 0. The highest BCUT2D eigenvalue weighted by Crippen LogP contribution is 2.25. The van der Waals surface area contributed by atoms with Gasteiger partial charge in [0, 0.05) is 25.2 Å². The van der Waals surface area contributed by atoms with Crippen molar-refractivity contribution in [2.75, 3.05) is 19.6 Å². The third kappa shape index (κ3) is 4.55. The summed E-state index contributed by atoms with van der Waals surface area (Å²) < 4.78 is 0. The van der Waals surface area contributed by atoms with Crippen molar-refractivity contribution in [1.82, 2.24) is 10.2 Å². The van der Waals surface area contributed by atoms with Gasteiger partial charge in [-0.25, -0.2) is 0 Å². The molecule has 118 valence electrons. The van der Waals surface area contributed by atoms with E-state index in [0.29, 0.717) is 6.04 Å². The average Bonchev–Trinajstić information content (AvgIpc) is 2.78. The zero-order valence-electron chi connectivity index (χ0n) is 14.2. The second-order valence-corrected chi connectivity index (χ2v) is 6.75. The van der Waals surface area contributed by atoms with Gasteiger partial charge in [0.1, 0.15) is 0 Å². The van der Waals surface area contributed by atoms with Gasteiger partial charge in [-0.2, -0.15) is 0 Å². The molecule has 0 saturated carbocycles. The van der Waals surface area contributed by atoms with Gasteiger partial charge in [-0.1, -0.05) is 51.5 Å². The first-order chi connectivity index (χ1) is 10.1. The van der Waals surface area contributed by atoms with E-state index in [4.69, 9.17) is 0 Å². The van der Waals surface area contributed by atoms with Crippen molar-refractivity contribution in [3.05, 3.63) is 35.4 Å². The fourth-order valence-corrected chi connectivity index (χ4v) is 3.61. The van der Waals surface area contributed by atoms with Crippen LogP contribution in [-0.2, 0) is 6.42 Å². The molecule has 2 nitrogen and oxygen atoms in total. The fourth-order valence-electron chi connectivity index (χ4n) is 3.61. The molecule has 1 heterocycles. The zero-order valence-corrected chi connectivity index (χ0v) is 14.2. The quantitative estimate of drug-likeness (QED) is 0.815. The van der Waals surface area contributed by atoms with E-state index in [9.17, 15) is 0 Å². The molecule has 1 N–H and O–H groups in total. The van der Waals surface area contributed by atoms with Crippen molar-refractivity contribution in [2.45, 2.75) is 59.0 Å². The van der Waals surface area contributed by atoms with Crippen LogP contribution < -0.4 is 5.32 Å². The normalized spacial score (nSPS) is 24.4. The lowest BCUT2D eigenvalue weighted by molar-refractivity contribution is 0.235. The molecule has 2 heteroatoms. The van der Waals surface area contributed by atoms with E-state index in [1.54, 1.807) is 0 Å². The van der Waals surface area contributed by atoms with E-state index in [1.807, 2.05) is 0 Å². The van der Waals surface area contributed by atoms with Gasteiger partial charge in [0.05, 0.1) is 0 Å². The predicted molar refractivity (Wildman–Crippen MR) is 91.7 cm³/mol. The first kappa shape index (κ1) is 16.5. The molecule has 2 rings (SSSR count). The van der Waals surface area contributed by atoms with Crippen molar-refractivity contribution in [3.63, 3.8) is 0 Å². The number of rotatable bonds is 7. The smallest absolute Gasteiger partial charge is 0.0449 e. The molecule has 0 spiro atoms. The number of likely N-dealkylation sites (tertiary alicyclic amines) is 1. The minimum atomic E-state index is 0.457. The number of nitrogens with one attached hydrogen (secondary N) is 1. The summed E-state index contributed by atoms with van der Waals surface area (Å²) in [6.07, 6.45) is 3.75. The highest BCUT2D eigenvalue weighted by Gasteiger charge is 2.28. The molecule has 3 atom stereocenters. The lowest BCUT2D eigenvalue weighted by atomic mass is 10.0. The zero-order chi connectivity index (χ0) is 15.2. The van der Waals surface area contributed by atoms with Gasteiger partial charge in [-0.3, -0.25) is 4.90 Å². The summed E-state index contributed by atoms with van der Waals surface area (Å²) in [4.78, 5) is 2.65. The van der Waals surface area contributed by atoms with Gasteiger partial charge in [0.15, 0.2) is 0 Å². The van der Waals surface area contributed by atoms with Crippen LogP contribution in [-0.4, -0.2) is 30.6 Å². The molecular weight excluding hydrogens is 256 g/mol. The fraction of sp³-hybridized carbons (Fsp3) is 0.684. The first-order valence-corrected chi connectivity index (χ1v) is 8.70. The summed E-state index contributed by atoms with van der Waals surface area (Å²) in [5, 5.41) is 3.67. The van der Waals surface area contributed by atoms with E-state index >= 15 is 0 Å². The maximum atomic E-state index is 3.67. The van der Waals surface area contributed by atoms with Crippen molar-refractivity contribution in [3.8, 4) is 0 Å². The summed E-state index contributed by atoms with van der Waals surface area (Å²) in [6, 6.07) is 10.4. The second kappa shape index (κ2) is 7.95. The van der Waals surface area contributed by atoms with E-state index in [-0.39, 0.29) is 0 Å². The van der Waals surface area contributed by atoms with Crippen LogP contribution in [0.1, 0.15) is 57.7 Å². The van der Waals surface area contributed by atoms with E-state index in [0.717, 1.165) is 25.0 Å². The Balaban J connectivity index is 2.03. The molecule has 0 amide bonds. The molecule has 1 aliphatic rings. The minimum absolute atomic E-state index is 0.457. The van der Waals surface area contributed by atoms with Crippen LogP contribution in [0.3, 0.4) is 0 Å². The summed E-state index contributed by atoms with van der Waals surface area (Å²) in [5.74, 6) is 0.842. The standard InChI is InChI=1S/C19H32N2/c1-5-7-17-8-10-18(11-9-17)19(20-6-2)14-21-13-15(3)12-16(21)4/h8-11,15-16,19-20H,5-7,12-14H2,1-4H3. The molecule has 3 unspecified atom stereocenters. The highest BCUT2D eigenvalue weighted by molar-refractivity contribution is 5.25. The van der Waals surface area contributed by atoms with Crippen LogP contribution >= 0.6 is 0 Å². The molecule has 1 aromatic carbocycles. The molecule has 1 aromatic rings. The van der Waals surface area contributed by atoms with Crippen LogP contribution in [0.5, 0.6) is 0 Å². The maximum Gasteiger partial charge on any atom is 0.0449 e. The lowest BCUT2D eigenvalue weighted by Crippen LogP contribution is -2.37.